The van der Waals surface area contributed by atoms with Crippen LogP contribution in [-0.4, -0.2) is 47.9 Å². The van der Waals surface area contributed by atoms with Gasteiger partial charge in [-0.25, -0.2) is 0 Å². The number of carbonyl (C=O) groups is 3. The molecule has 0 bridgehead atoms. The third-order valence-corrected chi connectivity index (χ3v) is 5.81. The molecule has 5 N–H and O–H groups in total. The molecule has 0 saturated heterocycles. The van der Waals surface area contributed by atoms with Gasteiger partial charge in [-0.15, -0.1) is 0 Å². The third kappa shape index (κ3) is 6.16. The first-order valence-corrected chi connectivity index (χ1v) is 11.6. The number of hydrogen-bond donors (Lipinski definition) is 3. The number of anilines is 2. The fourth-order valence-electron chi connectivity index (χ4n) is 3.38. The molecular weight excluding hydrogens is 458 g/mol. The largest absolute Gasteiger partial charge is 0.493 e. The summed E-state index contributed by atoms with van der Waals surface area (Å²) in [6.07, 6.45) is 1.92. The highest BCUT2D eigenvalue weighted by molar-refractivity contribution is 7.09. The summed E-state index contributed by atoms with van der Waals surface area (Å²) in [5, 5.41) is 2.97. The smallest absolute Gasteiger partial charge is 0.272 e. The Morgan fingerprint density at radius 3 is 2.32 bits per heavy atom. The number of methoxy groups -OCH3 is 2. The molecule has 0 aliphatic rings. The maximum Gasteiger partial charge on any atom is 0.272 e. The highest BCUT2D eigenvalue weighted by Crippen LogP contribution is 2.35. The zero-order chi connectivity index (χ0) is 25.6. The zero-order valence-electron chi connectivity index (χ0n) is 20.4. The molecule has 10 nitrogen and oxygen atoms in total. The van der Waals surface area contributed by atoms with E-state index >= 15 is 0 Å². The monoisotopic (exact) mass is 491 g/mol. The van der Waals surface area contributed by atoms with Gasteiger partial charge in [0.05, 0.1) is 19.9 Å². The summed E-state index contributed by atoms with van der Waals surface area (Å²) in [5.74, 6) is -0.866. The van der Waals surface area contributed by atoms with E-state index in [1.807, 2.05) is 27.7 Å². The molecule has 1 atom stereocenters. The van der Waals surface area contributed by atoms with Crippen molar-refractivity contribution in [3.63, 3.8) is 0 Å². The maximum atomic E-state index is 13.8. The Morgan fingerprint density at radius 2 is 1.82 bits per heavy atom. The molecule has 0 radical (unpaired) electrons. The topological polar surface area (TPSA) is 150 Å². The van der Waals surface area contributed by atoms with Gasteiger partial charge < -0.3 is 26.3 Å². The molecule has 11 heteroatoms. The predicted molar refractivity (Wildman–Crippen MR) is 133 cm³/mol. The van der Waals surface area contributed by atoms with Crippen LogP contribution < -0.4 is 31.2 Å². The van der Waals surface area contributed by atoms with Crippen molar-refractivity contribution in [2.24, 2.45) is 5.73 Å². The lowest BCUT2D eigenvalue weighted by molar-refractivity contribution is -0.123. The fraction of sp³-hybridized carbons (Fsp3) is 0.478. The van der Waals surface area contributed by atoms with Crippen LogP contribution in [0, 0.1) is 0 Å². The number of amides is 3. The number of nitrogens with two attached hydrogens (primary N) is 2. The first-order chi connectivity index (χ1) is 15.9. The van der Waals surface area contributed by atoms with Crippen LogP contribution in [0.5, 0.6) is 11.5 Å². The van der Waals surface area contributed by atoms with Crippen LogP contribution in [0.15, 0.2) is 18.2 Å². The number of aromatic nitrogens is 1. The minimum Gasteiger partial charge on any atom is -0.493 e. The lowest BCUT2D eigenvalue weighted by Crippen LogP contribution is -2.54. The van der Waals surface area contributed by atoms with Gasteiger partial charge in [-0.05, 0) is 50.9 Å². The Bertz CT molecular complexity index is 1050. The highest BCUT2D eigenvalue weighted by atomic mass is 32.1. The fourth-order valence-corrected chi connectivity index (χ4v) is 4.12. The van der Waals surface area contributed by atoms with Crippen molar-refractivity contribution >= 4 is 40.6 Å². The van der Waals surface area contributed by atoms with Gasteiger partial charge in [-0.3, -0.25) is 19.3 Å². The van der Waals surface area contributed by atoms with Crippen molar-refractivity contribution in [3.8, 4) is 11.5 Å². The van der Waals surface area contributed by atoms with Crippen molar-refractivity contribution in [2.45, 2.75) is 58.5 Å². The first kappa shape index (κ1) is 26.9. The Morgan fingerprint density at radius 1 is 1.18 bits per heavy atom. The molecule has 0 spiro atoms. The Kier molecular flexibility index (Phi) is 8.86. The third-order valence-electron chi connectivity index (χ3n) is 4.96. The summed E-state index contributed by atoms with van der Waals surface area (Å²) in [7, 11) is 2.99. The number of primary amides is 1. The molecule has 2 aromatic rings. The molecule has 0 saturated carbocycles. The number of nitrogen functional groups attached to an aromatic ring is 1. The van der Waals surface area contributed by atoms with Crippen molar-refractivity contribution < 1.29 is 23.9 Å². The molecule has 34 heavy (non-hydrogen) atoms. The van der Waals surface area contributed by atoms with E-state index in [-0.39, 0.29) is 22.2 Å². The Hall–Kier alpha value is -3.34. The average Bonchev–Trinajstić information content (AvgIpc) is 3.16. The van der Waals surface area contributed by atoms with Crippen molar-refractivity contribution in [3.05, 3.63) is 28.8 Å². The summed E-state index contributed by atoms with van der Waals surface area (Å²) in [4.78, 5) is 40.3. The number of hydrogen-bond acceptors (Lipinski definition) is 8. The van der Waals surface area contributed by atoms with Crippen LogP contribution in [0.25, 0.3) is 0 Å². The van der Waals surface area contributed by atoms with E-state index in [4.69, 9.17) is 20.9 Å². The SMILES string of the molecule is CCCCC(C(=O)NC(C)(C)C)N(C(=O)c1snc(C(N)=O)c1N)c1ccc(OC)c(OC)c1. The maximum absolute atomic E-state index is 13.8. The van der Waals surface area contributed by atoms with Crippen LogP contribution in [0.4, 0.5) is 11.4 Å². The van der Waals surface area contributed by atoms with Gasteiger partial charge in [-0.1, -0.05) is 19.8 Å². The molecule has 0 aliphatic carbocycles. The average molecular weight is 492 g/mol. The van der Waals surface area contributed by atoms with E-state index in [2.05, 4.69) is 9.69 Å². The molecule has 2 rings (SSSR count). The van der Waals surface area contributed by atoms with Gasteiger partial charge in [0.1, 0.15) is 10.9 Å². The van der Waals surface area contributed by atoms with E-state index < -0.39 is 23.4 Å². The summed E-state index contributed by atoms with van der Waals surface area (Å²) in [6, 6.07) is 4.07. The molecular formula is C23H33N5O5S. The number of nitrogens with one attached hydrogen (secondary N) is 1. The molecule has 1 aromatic heterocycles. The lowest BCUT2D eigenvalue weighted by Gasteiger charge is -2.33. The van der Waals surface area contributed by atoms with Crippen molar-refractivity contribution in [1.82, 2.24) is 9.69 Å². The Labute approximate surface area is 203 Å². The molecule has 1 heterocycles. The minimum atomic E-state index is -0.858. The van der Waals surface area contributed by atoms with Gasteiger partial charge in [0.25, 0.3) is 11.8 Å². The second kappa shape index (κ2) is 11.2. The summed E-state index contributed by atoms with van der Waals surface area (Å²) in [5.41, 5.74) is 11.0. The lowest BCUT2D eigenvalue weighted by atomic mass is 10.0. The van der Waals surface area contributed by atoms with Crippen molar-refractivity contribution in [2.75, 3.05) is 24.9 Å². The van der Waals surface area contributed by atoms with E-state index in [0.717, 1.165) is 18.0 Å². The number of unbranched alkanes of at least 4 members (excludes halogenated alkanes) is 1. The molecule has 0 aliphatic heterocycles. The normalized spacial score (nSPS) is 12.1. The quantitative estimate of drug-likeness (QED) is 0.462. The van der Waals surface area contributed by atoms with Gasteiger partial charge in [0, 0.05) is 17.3 Å². The number of rotatable bonds is 10. The highest BCUT2D eigenvalue weighted by Gasteiger charge is 2.36. The molecule has 0 fully saturated rings. The van der Waals surface area contributed by atoms with Crippen LogP contribution in [0.2, 0.25) is 0 Å². The first-order valence-electron chi connectivity index (χ1n) is 10.9. The number of benzene rings is 1. The molecule has 1 unspecified atom stereocenters. The molecule has 186 valence electrons. The second-order valence-electron chi connectivity index (χ2n) is 8.75. The van der Waals surface area contributed by atoms with E-state index in [1.165, 1.54) is 19.1 Å². The van der Waals surface area contributed by atoms with Crippen LogP contribution >= 0.6 is 11.5 Å². The summed E-state index contributed by atoms with van der Waals surface area (Å²) in [6.45, 7) is 7.60. The standard InChI is InChI=1S/C23H33N5O5S/c1-7-8-9-14(21(30)26-23(2,3)4)28(13-10-11-15(32-5)16(12-13)33-6)22(31)19-17(24)18(20(25)29)27-34-19/h10-12,14H,7-9,24H2,1-6H3,(H2,25,29)(H,26,30). The Balaban J connectivity index is 2.69. The minimum absolute atomic E-state index is 0.0219. The van der Waals surface area contributed by atoms with Gasteiger partial charge >= 0.3 is 0 Å². The molecule has 1 aromatic carbocycles. The zero-order valence-corrected chi connectivity index (χ0v) is 21.2. The van der Waals surface area contributed by atoms with Crippen molar-refractivity contribution in [1.29, 1.82) is 0 Å². The predicted octanol–water partition coefficient (Wildman–Crippen LogP) is 2.96. The second-order valence-corrected chi connectivity index (χ2v) is 9.52. The number of ether oxygens (including phenoxy) is 2. The van der Waals surface area contributed by atoms with E-state index in [9.17, 15) is 14.4 Å². The van der Waals surface area contributed by atoms with Crippen LogP contribution in [0.3, 0.4) is 0 Å². The van der Waals surface area contributed by atoms with Crippen LogP contribution in [0.1, 0.15) is 67.1 Å². The number of carbonyl (C=O) groups excluding carboxylic acids is 3. The van der Waals surface area contributed by atoms with E-state index in [1.54, 1.807) is 18.2 Å². The van der Waals surface area contributed by atoms with Gasteiger partial charge in [0.2, 0.25) is 5.91 Å². The van der Waals surface area contributed by atoms with Crippen LogP contribution in [-0.2, 0) is 4.79 Å². The number of nitrogens with zero attached hydrogens (tertiary/aromatic N) is 2. The summed E-state index contributed by atoms with van der Waals surface area (Å²) < 4.78 is 14.7. The van der Waals surface area contributed by atoms with E-state index in [0.29, 0.717) is 30.0 Å². The van der Waals surface area contributed by atoms with Gasteiger partial charge in [0.15, 0.2) is 17.2 Å². The van der Waals surface area contributed by atoms with Gasteiger partial charge in [-0.2, -0.15) is 4.37 Å². The molecule has 3 amide bonds. The summed E-state index contributed by atoms with van der Waals surface area (Å²) >= 11 is 0.765.